The summed E-state index contributed by atoms with van der Waals surface area (Å²) in [5.74, 6) is 1.29. The van der Waals surface area contributed by atoms with Gasteiger partial charge in [-0.2, -0.15) is 0 Å². The lowest BCUT2D eigenvalue weighted by atomic mass is 10.1. The summed E-state index contributed by atoms with van der Waals surface area (Å²) in [4.78, 5) is 29.7. The maximum atomic E-state index is 13.2. The van der Waals surface area contributed by atoms with Crippen molar-refractivity contribution in [2.45, 2.75) is 65.3 Å². The Hall–Kier alpha value is -3.10. The molecule has 2 aromatic rings. The van der Waals surface area contributed by atoms with E-state index in [1.54, 1.807) is 6.92 Å². The molecule has 1 amide bonds. The number of amides is 1. The average molecular weight is 553 g/mol. The Kier molecular flexibility index (Phi) is 10.1. The van der Waals surface area contributed by atoms with Gasteiger partial charge < -0.3 is 23.8 Å². The summed E-state index contributed by atoms with van der Waals surface area (Å²) >= 11 is 0. The van der Waals surface area contributed by atoms with E-state index in [1.165, 1.54) is 5.56 Å². The zero-order valence-electron chi connectivity index (χ0n) is 24.5. The third kappa shape index (κ3) is 8.21. The predicted octanol–water partition coefficient (Wildman–Crippen LogP) is 4.94. The highest BCUT2D eigenvalue weighted by atomic mass is 16.6. The first-order valence-electron chi connectivity index (χ1n) is 14.4. The standard InChI is InChI=1S/C32H44N2O6/c1-6-37-28(30(35)38-7-2)19-23-13-15-25(16-14-23)39-18-17-34(31(36)40-32(3,4)5)29-26-21-33(22-27(26)29)20-24-11-9-8-10-12-24/h8-16,26-29H,6-7,17-22H2,1-5H3/t26-,27?,28+,29+/m1/s1. The van der Waals surface area contributed by atoms with Crippen LogP contribution in [-0.4, -0.2) is 79.1 Å². The number of benzene rings is 2. The van der Waals surface area contributed by atoms with Gasteiger partial charge in [0.15, 0.2) is 6.10 Å². The van der Waals surface area contributed by atoms with Crippen LogP contribution in [0.4, 0.5) is 4.79 Å². The molecule has 4 rings (SSSR count). The summed E-state index contributed by atoms with van der Waals surface area (Å²) in [6, 6.07) is 18.3. The third-order valence-corrected chi connectivity index (χ3v) is 7.32. The molecule has 1 heterocycles. The van der Waals surface area contributed by atoms with Crippen molar-refractivity contribution in [2.24, 2.45) is 11.8 Å². The Morgan fingerprint density at radius 3 is 2.23 bits per heavy atom. The zero-order chi connectivity index (χ0) is 28.7. The highest BCUT2D eigenvalue weighted by molar-refractivity contribution is 5.75. The van der Waals surface area contributed by atoms with Crippen molar-refractivity contribution in [2.75, 3.05) is 39.5 Å². The lowest BCUT2D eigenvalue weighted by Crippen LogP contribution is -2.43. The molecule has 0 spiro atoms. The Balaban J connectivity index is 1.30. The minimum absolute atomic E-state index is 0.186. The van der Waals surface area contributed by atoms with Gasteiger partial charge in [0.1, 0.15) is 18.0 Å². The average Bonchev–Trinajstić information content (AvgIpc) is 3.38. The highest BCUT2D eigenvalue weighted by Gasteiger charge is 2.59. The summed E-state index contributed by atoms with van der Waals surface area (Å²) in [6.07, 6.45) is -0.465. The second-order valence-electron chi connectivity index (χ2n) is 11.6. The molecule has 4 atom stereocenters. The fraction of sp³-hybridized carbons (Fsp3) is 0.562. The molecule has 1 saturated carbocycles. The van der Waals surface area contributed by atoms with Crippen LogP contribution >= 0.6 is 0 Å². The highest BCUT2D eigenvalue weighted by Crippen LogP contribution is 2.49. The first kappa shape index (κ1) is 29.9. The number of fused-ring (bicyclic) bond motifs is 1. The molecule has 218 valence electrons. The van der Waals surface area contributed by atoms with E-state index in [2.05, 4.69) is 29.2 Å². The topological polar surface area (TPSA) is 77.5 Å². The van der Waals surface area contributed by atoms with Gasteiger partial charge in [-0.15, -0.1) is 0 Å². The molecule has 40 heavy (non-hydrogen) atoms. The number of esters is 1. The minimum Gasteiger partial charge on any atom is -0.492 e. The van der Waals surface area contributed by atoms with Gasteiger partial charge in [0.25, 0.3) is 0 Å². The Morgan fingerprint density at radius 2 is 1.62 bits per heavy atom. The van der Waals surface area contributed by atoms with Crippen LogP contribution in [0.15, 0.2) is 54.6 Å². The molecule has 1 aliphatic carbocycles. The molecular weight excluding hydrogens is 508 g/mol. The lowest BCUT2D eigenvalue weighted by Gasteiger charge is -2.30. The Labute approximate surface area is 238 Å². The van der Waals surface area contributed by atoms with E-state index in [0.717, 1.165) is 25.2 Å². The van der Waals surface area contributed by atoms with Crippen LogP contribution in [-0.2, 0) is 32.0 Å². The normalized spacial score (nSPS) is 20.9. The van der Waals surface area contributed by atoms with E-state index < -0.39 is 11.7 Å². The van der Waals surface area contributed by atoms with Crippen molar-refractivity contribution in [3.63, 3.8) is 0 Å². The molecule has 8 heteroatoms. The fourth-order valence-corrected chi connectivity index (χ4v) is 5.54. The van der Waals surface area contributed by atoms with Crippen LogP contribution in [0.3, 0.4) is 0 Å². The predicted molar refractivity (Wildman–Crippen MR) is 153 cm³/mol. The van der Waals surface area contributed by atoms with Gasteiger partial charge in [0.2, 0.25) is 0 Å². The quantitative estimate of drug-likeness (QED) is 0.326. The van der Waals surface area contributed by atoms with Gasteiger partial charge in [0, 0.05) is 38.7 Å². The van der Waals surface area contributed by atoms with E-state index in [0.29, 0.717) is 50.4 Å². The summed E-state index contributed by atoms with van der Waals surface area (Å²) in [7, 11) is 0. The number of piperidine rings is 1. The summed E-state index contributed by atoms with van der Waals surface area (Å²) in [5, 5.41) is 0. The Morgan fingerprint density at radius 1 is 0.950 bits per heavy atom. The maximum Gasteiger partial charge on any atom is 0.410 e. The van der Waals surface area contributed by atoms with Crippen LogP contribution in [0.5, 0.6) is 5.75 Å². The molecule has 0 bridgehead atoms. The van der Waals surface area contributed by atoms with E-state index >= 15 is 0 Å². The molecular formula is C32H44N2O6. The third-order valence-electron chi connectivity index (χ3n) is 7.32. The van der Waals surface area contributed by atoms with Crippen molar-refractivity contribution < 1.29 is 28.5 Å². The first-order chi connectivity index (χ1) is 19.2. The van der Waals surface area contributed by atoms with Crippen molar-refractivity contribution >= 4 is 12.1 Å². The number of likely N-dealkylation sites (tertiary alicyclic amines) is 1. The van der Waals surface area contributed by atoms with Crippen molar-refractivity contribution in [1.29, 1.82) is 0 Å². The van der Waals surface area contributed by atoms with Crippen molar-refractivity contribution in [3.8, 4) is 5.75 Å². The van der Waals surface area contributed by atoms with E-state index in [4.69, 9.17) is 18.9 Å². The Bertz CT molecular complexity index is 1090. The second-order valence-corrected chi connectivity index (χ2v) is 11.6. The molecule has 0 aromatic heterocycles. The molecule has 8 nitrogen and oxygen atoms in total. The molecule has 2 aromatic carbocycles. The van der Waals surface area contributed by atoms with Gasteiger partial charge in [-0.25, -0.2) is 9.59 Å². The van der Waals surface area contributed by atoms with Crippen molar-refractivity contribution in [1.82, 2.24) is 9.80 Å². The van der Waals surface area contributed by atoms with E-state index in [9.17, 15) is 9.59 Å². The maximum absolute atomic E-state index is 13.2. The van der Waals surface area contributed by atoms with Crippen LogP contribution < -0.4 is 4.74 Å². The minimum atomic E-state index is -0.624. The summed E-state index contributed by atoms with van der Waals surface area (Å²) in [5.41, 5.74) is 1.72. The number of carbonyl (C=O) groups excluding carboxylic acids is 2. The van der Waals surface area contributed by atoms with Gasteiger partial charge in [-0.3, -0.25) is 4.90 Å². The van der Waals surface area contributed by atoms with Gasteiger partial charge >= 0.3 is 12.1 Å². The number of hydrogen-bond donors (Lipinski definition) is 0. The number of ether oxygens (including phenoxy) is 4. The fourth-order valence-electron chi connectivity index (χ4n) is 5.54. The molecule has 1 aliphatic heterocycles. The van der Waals surface area contributed by atoms with Crippen LogP contribution in [0.1, 0.15) is 45.7 Å². The number of hydrogen-bond acceptors (Lipinski definition) is 7. The SMILES string of the molecule is CCOC(=O)[C@H](Cc1ccc(OCCN(C(=O)OC(C)(C)C)[C@@H]2C3CN(Cc4ccccc4)C[C@H]32)cc1)OCC. The van der Waals surface area contributed by atoms with Gasteiger partial charge in [0.05, 0.1) is 13.2 Å². The number of carbonyl (C=O) groups is 2. The molecule has 0 radical (unpaired) electrons. The zero-order valence-corrected chi connectivity index (χ0v) is 24.5. The van der Waals surface area contributed by atoms with Crippen LogP contribution in [0.25, 0.3) is 0 Å². The molecule has 0 N–H and O–H groups in total. The van der Waals surface area contributed by atoms with Gasteiger partial charge in [-0.05, 0) is 69.7 Å². The van der Waals surface area contributed by atoms with Crippen molar-refractivity contribution in [3.05, 3.63) is 65.7 Å². The summed E-state index contributed by atoms with van der Waals surface area (Å²) < 4.78 is 22.5. The monoisotopic (exact) mass is 552 g/mol. The van der Waals surface area contributed by atoms with Crippen LogP contribution in [0, 0.1) is 11.8 Å². The number of nitrogens with zero attached hydrogens (tertiary/aromatic N) is 2. The molecule has 1 unspecified atom stereocenters. The largest absolute Gasteiger partial charge is 0.492 e. The molecule has 1 saturated heterocycles. The lowest BCUT2D eigenvalue weighted by molar-refractivity contribution is -0.156. The van der Waals surface area contributed by atoms with E-state index in [-0.39, 0.29) is 18.1 Å². The number of rotatable bonds is 13. The first-order valence-corrected chi connectivity index (χ1v) is 14.4. The van der Waals surface area contributed by atoms with Gasteiger partial charge in [-0.1, -0.05) is 42.5 Å². The molecule has 2 fully saturated rings. The van der Waals surface area contributed by atoms with Crippen LogP contribution in [0.2, 0.25) is 0 Å². The second kappa shape index (κ2) is 13.5. The smallest absolute Gasteiger partial charge is 0.410 e. The molecule has 2 aliphatic rings. The summed E-state index contributed by atoms with van der Waals surface area (Å²) in [6.45, 7) is 13.8. The van der Waals surface area contributed by atoms with E-state index in [1.807, 2.05) is 62.9 Å².